The molecule has 0 saturated carbocycles. The Balaban J connectivity index is 1.77. The molecule has 0 spiro atoms. The standard InChI is InChI=1S/C19H13ClN4O3/c20-12-2-4-13(5-3-12)22-19-23-17(14(10-21)18(25)24-19)11-1-6-15-16(9-11)27-8-7-26-15/h1-6,9H,7-8H2,(H2,22,23,24,25). The van der Waals surface area contributed by atoms with Gasteiger partial charge in [0.15, 0.2) is 11.5 Å². The molecule has 0 saturated heterocycles. The van der Waals surface area contributed by atoms with Crippen LogP contribution in [0.5, 0.6) is 11.5 Å². The maximum Gasteiger partial charge on any atom is 0.270 e. The van der Waals surface area contributed by atoms with Crippen LogP contribution in [-0.4, -0.2) is 23.2 Å². The molecule has 4 rings (SSSR count). The van der Waals surface area contributed by atoms with Crippen molar-refractivity contribution in [1.29, 1.82) is 5.26 Å². The number of hydrogen-bond donors (Lipinski definition) is 2. The number of halogens is 1. The van der Waals surface area contributed by atoms with Gasteiger partial charge >= 0.3 is 0 Å². The lowest BCUT2D eigenvalue weighted by molar-refractivity contribution is 0.171. The molecule has 8 heteroatoms. The van der Waals surface area contributed by atoms with E-state index in [0.29, 0.717) is 41.0 Å². The summed E-state index contributed by atoms with van der Waals surface area (Å²) in [4.78, 5) is 19.4. The van der Waals surface area contributed by atoms with Crippen molar-refractivity contribution in [1.82, 2.24) is 9.97 Å². The number of anilines is 2. The van der Waals surface area contributed by atoms with E-state index < -0.39 is 5.56 Å². The number of nitrogens with one attached hydrogen (secondary N) is 2. The first-order valence-corrected chi connectivity index (χ1v) is 8.49. The third-order valence-corrected chi connectivity index (χ3v) is 4.21. The van der Waals surface area contributed by atoms with Crippen molar-refractivity contribution in [3.05, 3.63) is 63.4 Å². The SMILES string of the molecule is N#Cc1c(-c2ccc3c(c2)OCCO3)nc(Nc2ccc(Cl)cc2)[nH]c1=O. The van der Waals surface area contributed by atoms with E-state index in [4.69, 9.17) is 21.1 Å². The van der Waals surface area contributed by atoms with E-state index in [9.17, 15) is 10.1 Å². The fourth-order valence-electron chi connectivity index (χ4n) is 2.71. The Morgan fingerprint density at radius 1 is 1.11 bits per heavy atom. The number of hydrogen-bond acceptors (Lipinski definition) is 6. The molecule has 2 aromatic carbocycles. The number of fused-ring (bicyclic) bond motifs is 1. The van der Waals surface area contributed by atoms with Crippen molar-refractivity contribution in [3.63, 3.8) is 0 Å². The highest BCUT2D eigenvalue weighted by Gasteiger charge is 2.17. The van der Waals surface area contributed by atoms with Crippen molar-refractivity contribution in [2.75, 3.05) is 18.5 Å². The minimum Gasteiger partial charge on any atom is -0.486 e. The lowest BCUT2D eigenvalue weighted by Gasteiger charge is -2.19. The summed E-state index contributed by atoms with van der Waals surface area (Å²) in [5.74, 6) is 1.39. The van der Waals surface area contributed by atoms with Gasteiger partial charge in [-0.25, -0.2) is 4.98 Å². The molecule has 0 fully saturated rings. The van der Waals surface area contributed by atoms with Crippen LogP contribution in [0, 0.1) is 11.3 Å². The quantitative estimate of drug-likeness (QED) is 0.721. The van der Waals surface area contributed by atoms with Gasteiger partial charge in [-0.3, -0.25) is 9.78 Å². The zero-order valence-corrected chi connectivity index (χ0v) is 14.7. The van der Waals surface area contributed by atoms with Crippen LogP contribution in [0.1, 0.15) is 5.56 Å². The van der Waals surface area contributed by atoms with E-state index in [1.807, 2.05) is 6.07 Å². The third kappa shape index (κ3) is 3.43. The molecule has 0 aliphatic carbocycles. The van der Waals surface area contributed by atoms with Crippen LogP contribution >= 0.6 is 11.6 Å². The van der Waals surface area contributed by atoms with Gasteiger partial charge in [-0.1, -0.05) is 11.6 Å². The Labute approximate surface area is 159 Å². The molecular weight excluding hydrogens is 368 g/mol. The Hall–Kier alpha value is -3.50. The zero-order chi connectivity index (χ0) is 18.8. The molecule has 2 heterocycles. The number of H-pyrrole nitrogens is 1. The average Bonchev–Trinajstić information content (AvgIpc) is 2.69. The van der Waals surface area contributed by atoms with Gasteiger partial charge < -0.3 is 14.8 Å². The summed E-state index contributed by atoms with van der Waals surface area (Å²) in [6.07, 6.45) is 0. The largest absolute Gasteiger partial charge is 0.486 e. The summed E-state index contributed by atoms with van der Waals surface area (Å²) in [5.41, 5.74) is 0.929. The van der Waals surface area contributed by atoms with E-state index in [-0.39, 0.29) is 17.2 Å². The number of aromatic amines is 1. The zero-order valence-electron chi connectivity index (χ0n) is 14.0. The topological polar surface area (TPSA) is 100 Å². The Bertz CT molecular complexity index is 1100. The highest BCUT2D eigenvalue weighted by molar-refractivity contribution is 6.30. The van der Waals surface area contributed by atoms with Crippen LogP contribution < -0.4 is 20.3 Å². The number of nitriles is 1. The van der Waals surface area contributed by atoms with Crippen molar-refractivity contribution in [2.24, 2.45) is 0 Å². The van der Waals surface area contributed by atoms with Crippen LogP contribution in [0.2, 0.25) is 5.02 Å². The first-order chi connectivity index (χ1) is 13.1. The number of ether oxygens (including phenoxy) is 2. The Kier molecular flexibility index (Phi) is 4.40. The summed E-state index contributed by atoms with van der Waals surface area (Å²) in [7, 11) is 0. The van der Waals surface area contributed by atoms with Gasteiger partial charge in [-0.05, 0) is 42.5 Å². The molecule has 7 nitrogen and oxygen atoms in total. The Morgan fingerprint density at radius 3 is 2.59 bits per heavy atom. The molecule has 0 amide bonds. The fraction of sp³-hybridized carbons (Fsp3) is 0.105. The lowest BCUT2D eigenvalue weighted by Crippen LogP contribution is -2.17. The van der Waals surface area contributed by atoms with Gasteiger partial charge in [0.05, 0.1) is 5.69 Å². The summed E-state index contributed by atoms with van der Waals surface area (Å²) >= 11 is 5.88. The maximum absolute atomic E-state index is 12.4. The van der Waals surface area contributed by atoms with Gasteiger partial charge in [-0.2, -0.15) is 5.26 Å². The van der Waals surface area contributed by atoms with Gasteiger partial charge in [-0.15, -0.1) is 0 Å². The van der Waals surface area contributed by atoms with Crippen molar-refractivity contribution >= 4 is 23.2 Å². The van der Waals surface area contributed by atoms with Crippen molar-refractivity contribution in [2.45, 2.75) is 0 Å². The van der Waals surface area contributed by atoms with E-state index in [2.05, 4.69) is 15.3 Å². The lowest BCUT2D eigenvalue weighted by atomic mass is 10.1. The molecule has 0 unspecified atom stereocenters. The van der Waals surface area contributed by atoms with E-state index >= 15 is 0 Å². The molecular formula is C19H13ClN4O3. The van der Waals surface area contributed by atoms with Crippen LogP contribution in [0.25, 0.3) is 11.3 Å². The predicted molar refractivity (Wildman–Crippen MR) is 101 cm³/mol. The summed E-state index contributed by atoms with van der Waals surface area (Å²) in [5, 5.41) is 13.0. The summed E-state index contributed by atoms with van der Waals surface area (Å²) in [6.45, 7) is 0.919. The first-order valence-electron chi connectivity index (χ1n) is 8.11. The highest BCUT2D eigenvalue weighted by Crippen LogP contribution is 2.34. The van der Waals surface area contributed by atoms with Gasteiger partial charge in [0.1, 0.15) is 24.8 Å². The molecule has 27 heavy (non-hydrogen) atoms. The van der Waals surface area contributed by atoms with Crippen LogP contribution in [0.3, 0.4) is 0 Å². The monoisotopic (exact) mass is 380 g/mol. The number of rotatable bonds is 3. The average molecular weight is 381 g/mol. The normalized spacial score (nSPS) is 12.3. The van der Waals surface area contributed by atoms with E-state index in [1.54, 1.807) is 42.5 Å². The molecule has 2 N–H and O–H groups in total. The molecule has 1 aliphatic heterocycles. The minimum absolute atomic E-state index is 0.0756. The van der Waals surface area contributed by atoms with Crippen molar-refractivity contribution in [3.8, 4) is 28.8 Å². The molecule has 1 aliphatic rings. The van der Waals surface area contributed by atoms with E-state index in [0.717, 1.165) is 0 Å². The smallest absolute Gasteiger partial charge is 0.270 e. The number of nitrogens with zero attached hydrogens (tertiary/aromatic N) is 2. The number of benzene rings is 2. The molecule has 1 aromatic heterocycles. The minimum atomic E-state index is -0.533. The fourth-order valence-corrected chi connectivity index (χ4v) is 2.83. The molecule has 3 aromatic rings. The second-order valence-corrected chi connectivity index (χ2v) is 6.18. The van der Waals surface area contributed by atoms with Gasteiger partial charge in [0.2, 0.25) is 5.95 Å². The first kappa shape index (κ1) is 16.9. The third-order valence-electron chi connectivity index (χ3n) is 3.95. The second-order valence-electron chi connectivity index (χ2n) is 5.74. The Morgan fingerprint density at radius 2 is 1.85 bits per heavy atom. The maximum atomic E-state index is 12.4. The summed E-state index contributed by atoms with van der Waals surface area (Å²) < 4.78 is 11.1. The van der Waals surface area contributed by atoms with Gasteiger partial charge in [0, 0.05) is 16.3 Å². The van der Waals surface area contributed by atoms with Crippen LogP contribution in [-0.2, 0) is 0 Å². The summed E-state index contributed by atoms with van der Waals surface area (Å²) in [6, 6.07) is 14.0. The number of aromatic nitrogens is 2. The van der Waals surface area contributed by atoms with E-state index in [1.165, 1.54) is 0 Å². The molecule has 0 atom stereocenters. The van der Waals surface area contributed by atoms with Gasteiger partial charge in [0.25, 0.3) is 5.56 Å². The van der Waals surface area contributed by atoms with Crippen molar-refractivity contribution < 1.29 is 9.47 Å². The predicted octanol–water partition coefficient (Wildman–Crippen LogP) is 3.48. The molecule has 134 valence electrons. The highest BCUT2D eigenvalue weighted by atomic mass is 35.5. The molecule has 0 radical (unpaired) electrons. The second kappa shape index (κ2) is 7.02. The molecule has 0 bridgehead atoms. The van der Waals surface area contributed by atoms with Crippen LogP contribution in [0.4, 0.5) is 11.6 Å². The van der Waals surface area contributed by atoms with Crippen LogP contribution in [0.15, 0.2) is 47.3 Å².